The van der Waals surface area contributed by atoms with Gasteiger partial charge >= 0.3 is 0 Å². The van der Waals surface area contributed by atoms with Crippen LogP contribution in [-0.4, -0.2) is 41.9 Å². The molecule has 0 aliphatic heterocycles. The summed E-state index contributed by atoms with van der Waals surface area (Å²) < 4.78 is 11.6. The molecular formula is C12H28N2OS. The van der Waals surface area contributed by atoms with E-state index in [1.54, 1.807) is 0 Å². The Morgan fingerprint density at radius 1 is 0.875 bits per heavy atom. The third-order valence-corrected chi connectivity index (χ3v) is 3.44. The zero-order valence-corrected chi connectivity index (χ0v) is 12.0. The predicted octanol–water partition coefficient (Wildman–Crippen LogP) is 1.23. The van der Waals surface area contributed by atoms with E-state index in [1.807, 2.05) is 0 Å². The van der Waals surface area contributed by atoms with E-state index in [-0.39, 0.29) is 0 Å². The lowest BCUT2D eigenvalue weighted by Crippen LogP contribution is -2.28. The molecule has 0 aliphatic carbocycles. The highest BCUT2D eigenvalue weighted by molar-refractivity contribution is 7.85. The molecule has 0 aliphatic rings. The smallest absolute Gasteiger partial charge is 0.0360 e. The Morgan fingerprint density at radius 3 is 1.56 bits per heavy atom. The topological polar surface area (TPSA) is 41.1 Å². The summed E-state index contributed by atoms with van der Waals surface area (Å²) in [5.74, 6) is 2.88. The van der Waals surface area contributed by atoms with Crippen molar-refractivity contribution >= 4 is 10.8 Å². The molecule has 0 unspecified atom stereocenters. The largest absolute Gasteiger partial charge is 0.316 e. The van der Waals surface area contributed by atoms with E-state index in [1.165, 1.54) is 0 Å². The van der Waals surface area contributed by atoms with E-state index >= 15 is 0 Å². The maximum absolute atomic E-state index is 11.6. The summed E-state index contributed by atoms with van der Waals surface area (Å²) >= 11 is 0. The molecule has 0 aromatic heterocycles. The minimum Gasteiger partial charge on any atom is -0.316 e. The Morgan fingerprint density at radius 2 is 1.25 bits per heavy atom. The molecule has 0 radical (unpaired) electrons. The Labute approximate surface area is 103 Å². The van der Waals surface area contributed by atoms with Crippen molar-refractivity contribution in [1.82, 2.24) is 10.6 Å². The van der Waals surface area contributed by atoms with Crippen LogP contribution in [0.5, 0.6) is 0 Å². The monoisotopic (exact) mass is 248 g/mol. The fourth-order valence-corrected chi connectivity index (χ4v) is 2.20. The van der Waals surface area contributed by atoms with E-state index in [4.69, 9.17) is 0 Å². The molecular weight excluding hydrogens is 220 g/mol. The van der Waals surface area contributed by atoms with Crippen molar-refractivity contribution in [1.29, 1.82) is 0 Å². The molecule has 16 heavy (non-hydrogen) atoms. The first kappa shape index (κ1) is 16.1. The van der Waals surface area contributed by atoms with Gasteiger partial charge in [-0.25, -0.2) is 0 Å². The molecule has 0 bridgehead atoms. The number of nitrogens with one attached hydrogen (secondary N) is 2. The van der Waals surface area contributed by atoms with Crippen molar-refractivity contribution in [2.75, 3.05) is 37.7 Å². The van der Waals surface area contributed by atoms with Crippen LogP contribution in [0, 0.1) is 11.8 Å². The van der Waals surface area contributed by atoms with Gasteiger partial charge in [0, 0.05) is 35.4 Å². The molecule has 0 atom stereocenters. The van der Waals surface area contributed by atoms with Gasteiger partial charge in [-0.1, -0.05) is 27.7 Å². The first-order valence-electron chi connectivity index (χ1n) is 6.28. The zero-order valence-electron chi connectivity index (χ0n) is 11.2. The maximum Gasteiger partial charge on any atom is 0.0360 e. The molecule has 98 valence electrons. The molecule has 0 saturated carbocycles. The second kappa shape index (κ2) is 10.2. The quantitative estimate of drug-likeness (QED) is 0.571. The lowest BCUT2D eigenvalue weighted by Gasteiger charge is -2.08. The highest BCUT2D eigenvalue weighted by Crippen LogP contribution is 1.88. The SMILES string of the molecule is CC(C)CNCCS(=O)CCNCC(C)C. The molecule has 0 heterocycles. The minimum absolute atomic E-state index is 0.668. The van der Waals surface area contributed by atoms with Gasteiger partial charge < -0.3 is 10.6 Å². The van der Waals surface area contributed by atoms with Crippen LogP contribution in [0.4, 0.5) is 0 Å². The average molecular weight is 248 g/mol. The van der Waals surface area contributed by atoms with Crippen molar-refractivity contribution in [3.8, 4) is 0 Å². The van der Waals surface area contributed by atoms with Crippen molar-refractivity contribution in [2.45, 2.75) is 27.7 Å². The summed E-state index contributed by atoms with van der Waals surface area (Å²) in [5.41, 5.74) is 0. The van der Waals surface area contributed by atoms with Crippen molar-refractivity contribution in [3.05, 3.63) is 0 Å². The van der Waals surface area contributed by atoms with Gasteiger partial charge in [-0.15, -0.1) is 0 Å². The maximum atomic E-state index is 11.6. The first-order valence-corrected chi connectivity index (χ1v) is 7.77. The summed E-state index contributed by atoms with van der Waals surface area (Å²) in [4.78, 5) is 0. The van der Waals surface area contributed by atoms with Crippen LogP contribution in [0.25, 0.3) is 0 Å². The van der Waals surface area contributed by atoms with Gasteiger partial charge in [-0.2, -0.15) is 0 Å². The molecule has 4 heteroatoms. The fraction of sp³-hybridized carbons (Fsp3) is 1.00. The van der Waals surface area contributed by atoms with Gasteiger partial charge in [0.15, 0.2) is 0 Å². The van der Waals surface area contributed by atoms with Crippen LogP contribution >= 0.6 is 0 Å². The summed E-state index contributed by atoms with van der Waals surface area (Å²) in [6.07, 6.45) is 0. The number of rotatable bonds is 10. The number of hydrogen-bond acceptors (Lipinski definition) is 3. The zero-order chi connectivity index (χ0) is 12.4. The highest BCUT2D eigenvalue weighted by Gasteiger charge is 2.00. The molecule has 0 saturated heterocycles. The minimum atomic E-state index is -0.674. The molecule has 0 aromatic rings. The van der Waals surface area contributed by atoms with Gasteiger partial charge in [-0.05, 0) is 24.9 Å². The molecule has 2 N–H and O–H groups in total. The van der Waals surface area contributed by atoms with E-state index in [0.29, 0.717) is 11.8 Å². The standard InChI is InChI=1S/C12H28N2OS/c1-11(2)9-13-5-7-16(15)8-6-14-10-12(3)4/h11-14H,5-10H2,1-4H3. The summed E-state index contributed by atoms with van der Waals surface area (Å²) in [6.45, 7) is 12.5. The third-order valence-electron chi connectivity index (χ3n) is 2.12. The number of hydrogen-bond donors (Lipinski definition) is 2. The second-order valence-electron chi connectivity index (χ2n) is 5.04. The van der Waals surface area contributed by atoms with E-state index < -0.39 is 10.8 Å². The van der Waals surface area contributed by atoms with Crippen LogP contribution < -0.4 is 10.6 Å². The second-order valence-corrected chi connectivity index (χ2v) is 6.74. The lowest BCUT2D eigenvalue weighted by molar-refractivity contribution is 0.562. The van der Waals surface area contributed by atoms with Gasteiger partial charge in [0.2, 0.25) is 0 Å². The van der Waals surface area contributed by atoms with Gasteiger partial charge in [-0.3, -0.25) is 4.21 Å². The molecule has 0 spiro atoms. The fourth-order valence-electron chi connectivity index (χ4n) is 1.26. The lowest BCUT2D eigenvalue weighted by atomic mass is 10.2. The molecule has 0 amide bonds. The molecule has 3 nitrogen and oxygen atoms in total. The van der Waals surface area contributed by atoms with Crippen LogP contribution in [0.2, 0.25) is 0 Å². The van der Waals surface area contributed by atoms with Crippen LogP contribution in [0.1, 0.15) is 27.7 Å². The molecule has 0 fully saturated rings. The molecule has 0 rings (SSSR count). The molecule has 0 aromatic carbocycles. The van der Waals surface area contributed by atoms with Crippen LogP contribution in [-0.2, 0) is 10.8 Å². The van der Waals surface area contributed by atoms with Crippen LogP contribution in [0.3, 0.4) is 0 Å². The first-order chi connectivity index (χ1) is 7.52. The van der Waals surface area contributed by atoms with Gasteiger partial charge in [0.25, 0.3) is 0 Å². The van der Waals surface area contributed by atoms with E-state index in [9.17, 15) is 4.21 Å². The Hall–Kier alpha value is 0.0700. The third kappa shape index (κ3) is 12.1. The van der Waals surface area contributed by atoms with Crippen molar-refractivity contribution in [3.63, 3.8) is 0 Å². The summed E-state index contributed by atoms with van der Waals surface area (Å²) in [6, 6.07) is 0. The Balaban J connectivity index is 3.25. The Bertz CT molecular complexity index is 166. The predicted molar refractivity (Wildman–Crippen MR) is 73.3 cm³/mol. The average Bonchev–Trinajstić information content (AvgIpc) is 2.19. The van der Waals surface area contributed by atoms with Gasteiger partial charge in [0.05, 0.1) is 0 Å². The summed E-state index contributed by atoms with van der Waals surface area (Å²) in [7, 11) is -0.674. The van der Waals surface area contributed by atoms with E-state index in [2.05, 4.69) is 38.3 Å². The van der Waals surface area contributed by atoms with Crippen molar-refractivity contribution in [2.24, 2.45) is 11.8 Å². The van der Waals surface area contributed by atoms with Crippen LogP contribution in [0.15, 0.2) is 0 Å². The highest BCUT2D eigenvalue weighted by atomic mass is 32.2. The van der Waals surface area contributed by atoms with E-state index in [0.717, 1.165) is 37.7 Å². The van der Waals surface area contributed by atoms with Gasteiger partial charge in [0.1, 0.15) is 0 Å². The summed E-state index contributed by atoms with van der Waals surface area (Å²) in [5, 5.41) is 6.62. The Kier molecular flexibility index (Phi) is 10.3. The normalized spacial score (nSPS) is 11.9. The van der Waals surface area contributed by atoms with Crippen molar-refractivity contribution < 1.29 is 4.21 Å².